The molecule has 2 atom stereocenters. The quantitative estimate of drug-likeness (QED) is 0.327. The van der Waals surface area contributed by atoms with Crippen LogP contribution in [0.25, 0.3) is 0 Å². The summed E-state index contributed by atoms with van der Waals surface area (Å²) in [5.41, 5.74) is 0. The van der Waals surface area contributed by atoms with Crippen LogP contribution in [0.3, 0.4) is 0 Å². The van der Waals surface area contributed by atoms with Gasteiger partial charge in [0.1, 0.15) is 0 Å². The zero-order chi connectivity index (χ0) is 17.9. The van der Waals surface area contributed by atoms with Crippen LogP contribution in [-0.2, 0) is 6.54 Å². The maximum absolute atomic E-state index is 4.75. The summed E-state index contributed by atoms with van der Waals surface area (Å²) in [7, 11) is 0. The van der Waals surface area contributed by atoms with Gasteiger partial charge in [-0.1, -0.05) is 20.3 Å². The lowest BCUT2D eigenvalue weighted by Crippen LogP contribution is -2.46. The number of aromatic nitrogens is 2. The van der Waals surface area contributed by atoms with E-state index in [1.54, 1.807) is 0 Å². The first-order valence-electron chi connectivity index (χ1n) is 9.96. The van der Waals surface area contributed by atoms with Crippen molar-refractivity contribution in [3.8, 4) is 0 Å². The minimum absolute atomic E-state index is 0. The number of hydrogen-bond donors (Lipinski definition) is 2. The number of halogens is 1. The van der Waals surface area contributed by atoms with E-state index in [0.717, 1.165) is 44.7 Å². The highest BCUT2D eigenvalue weighted by atomic mass is 127. The Hall–Kier alpha value is -0.830. The van der Waals surface area contributed by atoms with Crippen LogP contribution in [0.5, 0.6) is 0 Å². The molecule has 0 spiro atoms. The molecule has 1 aliphatic rings. The second kappa shape index (κ2) is 13.4. The fourth-order valence-electron chi connectivity index (χ4n) is 3.51. The number of piperidine rings is 1. The van der Waals surface area contributed by atoms with E-state index in [4.69, 9.17) is 4.99 Å². The molecule has 2 rings (SSSR count). The zero-order valence-corrected chi connectivity index (χ0v) is 19.0. The van der Waals surface area contributed by atoms with Crippen molar-refractivity contribution < 1.29 is 0 Å². The van der Waals surface area contributed by atoms with Crippen LogP contribution in [0.1, 0.15) is 46.5 Å². The number of guanidine groups is 1. The predicted octanol–water partition coefficient (Wildman–Crippen LogP) is 2.96. The van der Waals surface area contributed by atoms with E-state index in [2.05, 4.69) is 41.4 Å². The summed E-state index contributed by atoms with van der Waals surface area (Å²) in [6.07, 6.45) is 9.18. The molecule has 0 aromatic carbocycles. The fraction of sp³-hybridized carbons (Fsp3) is 0.789. The molecule has 0 saturated carbocycles. The van der Waals surface area contributed by atoms with E-state index in [9.17, 15) is 0 Å². The molecule has 2 unspecified atom stereocenters. The van der Waals surface area contributed by atoms with Gasteiger partial charge in [-0.25, -0.2) is 0 Å². The van der Waals surface area contributed by atoms with Gasteiger partial charge >= 0.3 is 0 Å². The molecule has 26 heavy (non-hydrogen) atoms. The van der Waals surface area contributed by atoms with Gasteiger partial charge in [0, 0.05) is 51.2 Å². The third-order valence-corrected chi connectivity index (χ3v) is 4.88. The van der Waals surface area contributed by atoms with Gasteiger partial charge in [-0.05, 0) is 44.7 Å². The third-order valence-electron chi connectivity index (χ3n) is 4.88. The van der Waals surface area contributed by atoms with Crippen molar-refractivity contribution in [3.05, 3.63) is 18.5 Å². The molecule has 0 bridgehead atoms. The lowest BCUT2D eigenvalue weighted by Gasteiger charge is -2.35. The Morgan fingerprint density at radius 3 is 2.85 bits per heavy atom. The van der Waals surface area contributed by atoms with Crippen LogP contribution in [0.15, 0.2) is 23.5 Å². The number of nitrogens with zero attached hydrogens (tertiary/aromatic N) is 4. The van der Waals surface area contributed by atoms with Gasteiger partial charge in [0.15, 0.2) is 5.96 Å². The van der Waals surface area contributed by atoms with E-state index >= 15 is 0 Å². The van der Waals surface area contributed by atoms with Crippen molar-refractivity contribution in [2.24, 2.45) is 10.9 Å². The SMILES string of the molecule is CCNC(=NCC(C)Cn1cccn1)NCCN1CCCCC1CC.I. The molecule has 1 saturated heterocycles. The molecule has 7 heteroatoms. The van der Waals surface area contributed by atoms with Crippen LogP contribution >= 0.6 is 24.0 Å². The van der Waals surface area contributed by atoms with E-state index in [1.165, 1.54) is 32.2 Å². The van der Waals surface area contributed by atoms with Crippen molar-refractivity contribution in [2.75, 3.05) is 32.7 Å². The highest BCUT2D eigenvalue weighted by Crippen LogP contribution is 2.18. The van der Waals surface area contributed by atoms with Crippen molar-refractivity contribution in [3.63, 3.8) is 0 Å². The molecule has 2 heterocycles. The largest absolute Gasteiger partial charge is 0.357 e. The summed E-state index contributed by atoms with van der Waals surface area (Å²) >= 11 is 0. The smallest absolute Gasteiger partial charge is 0.191 e. The van der Waals surface area contributed by atoms with Crippen LogP contribution in [0, 0.1) is 5.92 Å². The summed E-state index contributed by atoms with van der Waals surface area (Å²) < 4.78 is 1.97. The van der Waals surface area contributed by atoms with E-state index in [-0.39, 0.29) is 24.0 Å². The molecule has 0 amide bonds. The van der Waals surface area contributed by atoms with Gasteiger partial charge in [0.25, 0.3) is 0 Å². The Morgan fingerprint density at radius 1 is 1.31 bits per heavy atom. The summed E-state index contributed by atoms with van der Waals surface area (Å²) in [6, 6.07) is 2.73. The van der Waals surface area contributed by atoms with Crippen LogP contribution in [0.4, 0.5) is 0 Å². The van der Waals surface area contributed by atoms with Gasteiger partial charge in [0.05, 0.1) is 0 Å². The molecule has 0 radical (unpaired) electrons. The van der Waals surface area contributed by atoms with Crippen molar-refractivity contribution in [1.29, 1.82) is 0 Å². The molecule has 1 aromatic rings. The monoisotopic (exact) mass is 476 g/mol. The highest BCUT2D eigenvalue weighted by molar-refractivity contribution is 14.0. The van der Waals surface area contributed by atoms with Crippen molar-refractivity contribution in [2.45, 2.75) is 59.0 Å². The average molecular weight is 476 g/mol. The van der Waals surface area contributed by atoms with Crippen LogP contribution in [-0.4, -0.2) is 59.4 Å². The van der Waals surface area contributed by atoms with Gasteiger partial charge in [0.2, 0.25) is 0 Å². The molecule has 0 aliphatic carbocycles. The number of aliphatic imine (C=N–C) groups is 1. The van der Waals surface area contributed by atoms with Gasteiger partial charge in [-0.3, -0.25) is 14.6 Å². The molecule has 2 N–H and O–H groups in total. The molecule has 1 fully saturated rings. The molecule has 150 valence electrons. The second-order valence-corrected chi connectivity index (χ2v) is 7.07. The van der Waals surface area contributed by atoms with E-state index < -0.39 is 0 Å². The standard InChI is InChI=1S/C19H36N6.HI/c1-4-18-9-6-7-12-24(18)14-11-21-19(20-5-2)22-15-17(3)16-25-13-8-10-23-25;/h8,10,13,17-18H,4-7,9,11-12,14-16H2,1-3H3,(H2,20,21,22);1H. The van der Waals surface area contributed by atoms with Crippen LogP contribution < -0.4 is 10.6 Å². The van der Waals surface area contributed by atoms with Gasteiger partial charge < -0.3 is 10.6 Å². The van der Waals surface area contributed by atoms with E-state index in [0.29, 0.717) is 5.92 Å². The van der Waals surface area contributed by atoms with Crippen molar-refractivity contribution in [1.82, 2.24) is 25.3 Å². The number of hydrogen-bond acceptors (Lipinski definition) is 3. The Kier molecular flexibility index (Phi) is 11.9. The number of rotatable bonds is 9. The van der Waals surface area contributed by atoms with E-state index in [1.807, 2.05) is 23.1 Å². The Bertz CT molecular complexity index is 490. The number of nitrogens with one attached hydrogen (secondary N) is 2. The lowest BCUT2D eigenvalue weighted by atomic mass is 10.0. The molecule has 6 nitrogen and oxygen atoms in total. The normalized spacial score (nSPS) is 19.7. The first-order chi connectivity index (χ1) is 12.2. The Balaban J connectivity index is 0.00000338. The summed E-state index contributed by atoms with van der Waals surface area (Å²) in [5, 5.41) is 11.1. The molecular formula is C19H37IN6. The third kappa shape index (κ3) is 8.24. The van der Waals surface area contributed by atoms with Crippen molar-refractivity contribution >= 4 is 29.9 Å². The first kappa shape index (κ1) is 23.2. The first-order valence-corrected chi connectivity index (χ1v) is 9.96. The average Bonchev–Trinajstić information content (AvgIpc) is 3.13. The van der Waals surface area contributed by atoms with Crippen LogP contribution in [0.2, 0.25) is 0 Å². The summed E-state index contributed by atoms with van der Waals surface area (Å²) in [6.45, 7) is 12.5. The Morgan fingerprint density at radius 2 is 2.15 bits per heavy atom. The molecule has 1 aromatic heterocycles. The minimum atomic E-state index is 0. The number of likely N-dealkylation sites (tertiary alicyclic amines) is 1. The topological polar surface area (TPSA) is 57.5 Å². The Labute approximate surface area is 176 Å². The van der Waals surface area contributed by atoms with Gasteiger partial charge in [-0.15, -0.1) is 24.0 Å². The second-order valence-electron chi connectivity index (χ2n) is 7.07. The highest BCUT2D eigenvalue weighted by Gasteiger charge is 2.19. The van der Waals surface area contributed by atoms with Gasteiger partial charge in [-0.2, -0.15) is 5.10 Å². The summed E-state index contributed by atoms with van der Waals surface area (Å²) in [4.78, 5) is 7.39. The lowest BCUT2D eigenvalue weighted by molar-refractivity contribution is 0.147. The fourth-order valence-corrected chi connectivity index (χ4v) is 3.51. The maximum atomic E-state index is 4.75. The zero-order valence-electron chi connectivity index (χ0n) is 16.7. The minimum Gasteiger partial charge on any atom is -0.357 e. The maximum Gasteiger partial charge on any atom is 0.191 e. The predicted molar refractivity (Wildman–Crippen MR) is 120 cm³/mol. The molecule has 1 aliphatic heterocycles. The molecular weight excluding hydrogens is 439 g/mol. The summed E-state index contributed by atoms with van der Waals surface area (Å²) in [5.74, 6) is 1.39.